The van der Waals surface area contributed by atoms with Gasteiger partial charge in [0.05, 0.1) is 12.3 Å². The molecule has 0 aromatic heterocycles. The molecule has 1 fully saturated rings. The van der Waals surface area contributed by atoms with Crippen LogP contribution in [0.2, 0.25) is 5.02 Å². The zero-order valence-electron chi connectivity index (χ0n) is 13.3. The molecule has 0 spiro atoms. The molecule has 124 valence electrons. The Morgan fingerprint density at radius 3 is 2.78 bits per heavy atom. The molecule has 0 radical (unpaired) electrons. The van der Waals surface area contributed by atoms with Crippen LogP contribution in [0.1, 0.15) is 38.2 Å². The highest BCUT2D eigenvalue weighted by molar-refractivity contribution is 8.04. The van der Waals surface area contributed by atoms with Gasteiger partial charge < -0.3 is 10.1 Å². The van der Waals surface area contributed by atoms with Gasteiger partial charge in [-0.15, -0.1) is 11.8 Å². The monoisotopic (exact) mass is 351 g/mol. The van der Waals surface area contributed by atoms with Crippen molar-refractivity contribution < 1.29 is 9.53 Å². The summed E-state index contributed by atoms with van der Waals surface area (Å²) >= 11 is 7.64. The number of thioether (sulfide) groups is 1. The molecular formula is C18H22ClNO2S. The van der Waals surface area contributed by atoms with Crippen molar-refractivity contribution in [3.8, 4) is 0 Å². The first-order chi connectivity index (χ1) is 11.2. The van der Waals surface area contributed by atoms with E-state index in [1.807, 2.05) is 31.2 Å². The van der Waals surface area contributed by atoms with Gasteiger partial charge in [-0.2, -0.15) is 0 Å². The maximum Gasteiger partial charge on any atom is 0.346 e. The van der Waals surface area contributed by atoms with E-state index in [9.17, 15) is 4.79 Å². The Bertz CT molecular complexity index is 600. The first-order valence-electron chi connectivity index (χ1n) is 8.25. The molecule has 1 aromatic carbocycles. The fourth-order valence-corrected chi connectivity index (χ4v) is 4.70. The normalized spacial score (nSPS) is 24.4. The molecule has 2 atom stereocenters. The molecular weight excluding hydrogens is 330 g/mol. The molecule has 2 aliphatic rings. The number of hydrogen-bond donors (Lipinski definition) is 1. The molecule has 1 aliphatic carbocycles. The number of ether oxygens (including phenoxy) is 1. The lowest BCUT2D eigenvalue weighted by molar-refractivity contribution is -0.137. The average molecular weight is 352 g/mol. The first kappa shape index (κ1) is 16.7. The number of carbonyl (C=O) groups is 1. The number of fused-ring (bicyclic) bond motifs is 1. The van der Waals surface area contributed by atoms with Crippen molar-refractivity contribution in [2.75, 3.05) is 12.4 Å². The van der Waals surface area contributed by atoms with Gasteiger partial charge >= 0.3 is 5.97 Å². The van der Waals surface area contributed by atoms with Crippen LogP contribution in [0, 0.1) is 5.92 Å². The van der Waals surface area contributed by atoms with Gasteiger partial charge in [-0.05, 0) is 43.4 Å². The third-order valence-electron chi connectivity index (χ3n) is 4.50. The van der Waals surface area contributed by atoms with Crippen LogP contribution in [0.15, 0.2) is 29.2 Å². The van der Waals surface area contributed by atoms with Gasteiger partial charge in [0.1, 0.15) is 4.91 Å². The average Bonchev–Trinajstić information content (AvgIpc) is 2.75. The van der Waals surface area contributed by atoms with E-state index in [4.69, 9.17) is 16.3 Å². The lowest BCUT2D eigenvalue weighted by Crippen LogP contribution is -2.37. The van der Waals surface area contributed by atoms with E-state index in [2.05, 4.69) is 5.32 Å². The van der Waals surface area contributed by atoms with Crippen molar-refractivity contribution in [2.45, 2.75) is 38.6 Å². The first-order valence-corrected chi connectivity index (χ1v) is 9.62. The van der Waals surface area contributed by atoms with Crippen LogP contribution in [0.5, 0.6) is 0 Å². The minimum absolute atomic E-state index is 0.228. The summed E-state index contributed by atoms with van der Waals surface area (Å²) in [4.78, 5) is 13.1. The molecule has 0 bridgehead atoms. The smallest absolute Gasteiger partial charge is 0.346 e. The number of halogens is 1. The highest BCUT2D eigenvalue weighted by Gasteiger charge is 2.32. The van der Waals surface area contributed by atoms with Gasteiger partial charge in [-0.1, -0.05) is 36.6 Å². The Morgan fingerprint density at radius 1 is 1.30 bits per heavy atom. The number of hydrogen-bond acceptors (Lipinski definition) is 4. The van der Waals surface area contributed by atoms with Gasteiger partial charge in [-0.25, -0.2) is 4.79 Å². The van der Waals surface area contributed by atoms with E-state index in [-0.39, 0.29) is 5.97 Å². The highest BCUT2D eigenvalue weighted by atomic mass is 35.5. The summed E-state index contributed by atoms with van der Waals surface area (Å²) in [6, 6.07) is 8.10. The van der Waals surface area contributed by atoms with Crippen molar-refractivity contribution in [1.82, 2.24) is 5.32 Å². The second-order valence-corrected chi connectivity index (χ2v) is 7.50. The molecule has 3 rings (SSSR count). The maximum atomic E-state index is 12.4. The molecule has 23 heavy (non-hydrogen) atoms. The zero-order valence-corrected chi connectivity index (χ0v) is 14.9. The van der Waals surface area contributed by atoms with Crippen LogP contribution < -0.4 is 5.32 Å². The van der Waals surface area contributed by atoms with Crippen molar-refractivity contribution in [2.24, 2.45) is 5.92 Å². The Morgan fingerprint density at radius 2 is 2.04 bits per heavy atom. The van der Waals surface area contributed by atoms with Gasteiger partial charge in [-0.3, -0.25) is 0 Å². The van der Waals surface area contributed by atoms with E-state index in [0.717, 1.165) is 17.0 Å². The molecule has 0 amide bonds. The molecule has 0 unspecified atom stereocenters. The van der Waals surface area contributed by atoms with E-state index in [0.29, 0.717) is 28.5 Å². The van der Waals surface area contributed by atoms with Gasteiger partial charge in [0, 0.05) is 16.8 Å². The molecule has 1 aromatic rings. The Hall–Kier alpha value is -1.13. The second-order valence-electron chi connectivity index (χ2n) is 6.04. The zero-order chi connectivity index (χ0) is 16.2. The summed E-state index contributed by atoms with van der Waals surface area (Å²) in [6.45, 7) is 2.23. The summed E-state index contributed by atoms with van der Waals surface area (Å²) in [7, 11) is 0. The molecule has 3 nitrogen and oxygen atoms in total. The van der Waals surface area contributed by atoms with Crippen LogP contribution in [-0.2, 0) is 9.53 Å². The molecule has 1 aliphatic heterocycles. The third kappa shape index (κ3) is 3.86. The number of carbonyl (C=O) groups excluding carboxylic acids is 1. The van der Waals surface area contributed by atoms with Crippen molar-refractivity contribution in [1.29, 1.82) is 0 Å². The largest absolute Gasteiger partial charge is 0.462 e. The Balaban J connectivity index is 1.97. The highest BCUT2D eigenvalue weighted by Crippen LogP contribution is 2.38. The minimum Gasteiger partial charge on any atom is -0.462 e. The van der Waals surface area contributed by atoms with E-state index in [1.165, 1.54) is 25.7 Å². The lowest BCUT2D eigenvalue weighted by Gasteiger charge is -2.31. The number of rotatable bonds is 3. The molecule has 1 heterocycles. The van der Waals surface area contributed by atoms with Crippen molar-refractivity contribution in [3.05, 3.63) is 39.8 Å². The standard InChI is InChI=1S/C18H22ClNO2S/c1-2-22-18(21)17-16(12-7-9-14(19)10-8-12)20-15-6-4-3-5-13(15)11-23-17/h7-10,13,15,20H,2-6,11H2,1H3/t13-,15-/m1/s1. The fraction of sp³-hybridized carbons (Fsp3) is 0.500. The fourth-order valence-electron chi connectivity index (χ4n) is 3.30. The second kappa shape index (κ2) is 7.63. The quantitative estimate of drug-likeness (QED) is 0.815. The van der Waals surface area contributed by atoms with Crippen LogP contribution >= 0.6 is 23.4 Å². The number of esters is 1. The van der Waals surface area contributed by atoms with Gasteiger partial charge in [0.25, 0.3) is 0 Å². The predicted octanol–water partition coefficient (Wildman–Crippen LogP) is 4.47. The summed E-state index contributed by atoms with van der Waals surface area (Å²) in [6.07, 6.45) is 4.93. The topological polar surface area (TPSA) is 38.3 Å². The summed E-state index contributed by atoms with van der Waals surface area (Å²) in [5, 5.41) is 4.36. The summed E-state index contributed by atoms with van der Waals surface area (Å²) < 4.78 is 5.28. The lowest BCUT2D eigenvalue weighted by atomic mass is 9.85. The predicted molar refractivity (Wildman–Crippen MR) is 96.3 cm³/mol. The minimum atomic E-state index is -0.228. The SMILES string of the molecule is CCOC(=O)C1=C(c2ccc(Cl)cc2)N[C@@H]2CCCC[C@@H]2CS1. The van der Waals surface area contributed by atoms with E-state index in [1.54, 1.807) is 11.8 Å². The van der Waals surface area contributed by atoms with Crippen LogP contribution in [0.3, 0.4) is 0 Å². The maximum absolute atomic E-state index is 12.4. The summed E-state index contributed by atoms with van der Waals surface area (Å²) in [5.74, 6) is 1.36. The van der Waals surface area contributed by atoms with Crippen LogP contribution in [0.25, 0.3) is 5.70 Å². The molecule has 5 heteroatoms. The van der Waals surface area contributed by atoms with Crippen LogP contribution in [0.4, 0.5) is 0 Å². The Kier molecular flexibility index (Phi) is 5.54. The molecule has 1 N–H and O–H groups in total. The van der Waals surface area contributed by atoms with Crippen molar-refractivity contribution in [3.63, 3.8) is 0 Å². The van der Waals surface area contributed by atoms with Crippen molar-refractivity contribution >= 4 is 35.0 Å². The van der Waals surface area contributed by atoms with E-state index < -0.39 is 0 Å². The Labute approximate surface area is 146 Å². The van der Waals surface area contributed by atoms with Gasteiger partial charge in [0.15, 0.2) is 0 Å². The van der Waals surface area contributed by atoms with E-state index >= 15 is 0 Å². The number of nitrogens with one attached hydrogen (secondary N) is 1. The number of benzene rings is 1. The third-order valence-corrected chi connectivity index (χ3v) is 6.01. The molecule has 0 saturated heterocycles. The molecule has 1 saturated carbocycles. The summed E-state index contributed by atoms with van der Waals surface area (Å²) in [5.41, 5.74) is 1.90. The van der Waals surface area contributed by atoms with Gasteiger partial charge in [0.2, 0.25) is 0 Å². The van der Waals surface area contributed by atoms with Crippen LogP contribution in [-0.4, -0.2) is 24.4 Å².